The number of carbonyl (C=O) groups is 1. The van der Waals surface area contributed by atoms with Gasteiger partial charge in [0.2, 0.25) is 0 Å². The summed E-state index contributed by atoms with van der Waals surface area (Å²) in [6.07, 6.45) is 3.33. The van der Waals surface area contributed by atoms with Gasteiger partial charge in [-0.25, -0.2) is 0 Å². The van der Waals surface area contributed by atoms with Crippen molar-refractivity contribution in [2.75, 3.05) is 0 Å². The van der Waals surface area contributed by atoms with Gasteiger partial charge in [0, 0.05) is 5.41 Å². The maximum atomic E-state index is 11.2. The van der Waals surface area contributed by atoms with Crippen LogP contribution < -0.4 is 0 Å². The second-order valence-corrected chi connectivity index (χ2v) is 4.72. The molecule has 2 saturated carbocycles. The first-order valence-electron chi connectivity index (χ1n) is 5.55. The molecule has 0 heterocycles. The molecule has 2 aliphatic rings. The van der Waals surface area contributed by atoms with Crippen molar-refractivity contribution >= 4 is 5.97 Å². The minimum absolute atomic E-state index is 0.00685. The average Bonchev–Trinajstić information content (AvgIpc) is 2.72. The summed E-state index contributed by atoms with van der Waals surface area (Å²) < 4.78 is 0. The third kappa shape index (κ3) is 1.02. The number of hydrogen-bond donors (Lipinski definition) is 1. The third-order valence-corrected chi connectivity index (χ3v) is 4.19. The maximum absolute atomic E-state index is 11.2. The Labute approximate surface area is 88.9 Å². The lowest BCUT2D eigenvalue weighted by molar-refractivity contribution is -0.139. The van der Waals surface area contributed by atoms with Gasteiger partial charge < -0.3 is 5.11 Å². The van der Waals surface area contributed by atoms with Crippen LogP contribution in [0.3, 0.4) is 0 Å². The van der Waals surface area contributed by atoms with Gasteiger partial charge in [0.25, 0.3) is 0 Å². The van der Waals surface area contributed by atoms with E-state index in [4.69, 9.17) is 0 Å². The lowest BCUT2D eigenvalue weighted by Crippen LogP contribution is -2.14. The van der Waals surface area contributed by atoms with E-state index in [9.17, 15) is 9.90 Å². The molecule has 1 aromatic carbocycles. The van der Waals surface area contributed by atoms with Crippen LogP contribution >= 0.6 is 0 Å². The Kier molecular flexibility index (Phi) is 1.70. The topological polar surface area (TPSA) is 37.3 Å². The largest absolute Gasteiger partial charge is 0.481 e. The normalized spacial score (nSPS) is 37.3. The molecule has 0 amide bonds. The zero-order valence-corrected chi connectivity index (χ0v) is 8.52. The predicted molar refractivity (Wildman–Crippen MR) is 56.6 cm³/mol. The number of carboxylic acid groups (broad SMARTS) is 1. The van der Waals surface area contributed by atoms with E-state index in [0.29, 0.717) is 5.92 Å². The van der Waals surface area contributed by atoms with E-state index in [1.807, 2.05) is 18.2 Å². The fourth-order valence-corrected chi connectivity index (χ4v) is 3.58. The van der Waals surface area contributed by atoms with E-state index in [2.05, 4.69) is 12.1 Å². The second kappa shape index (κ2) is 2.84. The van der Waals surface area contributed by atoms with Gasteiger partial charge in [-0.3, -0.25) is 4.79 Å². The molecular weight excluding hydrogens is 188 g/mol. The van der Waals surface area contributed by atoms with Crippen LogP contribution in [0, 0.1) is 11.8 Å². The number of carboxylic acids is 1. The standard InChI is InChI=1S/C13H14O2/c14-12(15)11-10-7-4-8-13(10,11)9-5-2-1-3-6-9/h1-3,5-6,10-11H,4,7-8H2,(H,14,15)/t10-,11+,13-/m1/s1. The summed E-state index contributed by atoms with van der Waals surface area (Å²) in [7, 11) is 0. The summed E-state index contributed by atoms with van der Waals surface area (Å²) >= 11 is 0. The fraction of sp³-hybridized carbons (Fsp3) is 0.462. The molecular formula is C13H14O2. The van der Waals surface area contributed by atoms with Crippen LogP contribution in [0.2, 0.25) is 0 Å². The fourth-order valence-electron chi connectivity index (χ4n) is 3.58. The van der Waals surface area contributed by atoms with Gasteiger partial charge in [0.15, 0.2) is 0 Å². The highest BCUT2D eigenvalue weighted by Crippen LogP contribution is 2.68. The Hall–Kier alpha value is -1.31. The Morgan fingerprint density at radius 1 is 1.33 bits per heavy atom. The van der Waals surface area contributed by atoms with Crippen LogP contribution in [-0.2, 0) is 10.2 Å². The molecule has 15 heavy (non-hydrogen) atoms. The van der Waals surface area contributed by atoms with Gasteiger partial charge in [-0.2, -0.15) is 0 Å². The third-order valence-electron chi connectivity index (χ3n) is 4.19. The number of rotatable bonds is 2. The highest BCUT2D eigenvalue weighted by molar-refractivity contribution is 5.78. The first-order chi connectivity index (χ1) is 7.27. The molecule has 0 bridgehead atoms. The van der Waals surface area contributed by atoms with Gasteiger partial charge in [-0.15, -0.1) is 0 Å². The lowest BCUT2D eigenvalue weighted by atomic mass is 9.90. The molecule has 0 aromatic heterocycles. The van der Waals surface area contributed by atoms with Crippen LogP contribution in [0.1, 0.15) is 24.8 Å². The van der Waals surface area contributed by atoms with Crippen molar-refractivity contribution < 1.29 is 9.90 Å². The van der Waals surface area contributed by atoms with Crippen molar-refractivity contribution in [3.8, 4) is 0 Å². The molecule has 3 rings (SSSR count). The summed E-state index contributed by atoms with van der Waals surface area (Å²) in [6, 6.07) is 10.2. The predicted octanol–water partition coefficient (Wildman–Crippen LogP) is 2.44. The average molecular weight is 202 g/mol. The number of hydrogen-bond acceptors (Lipinski definition) is 1. The highest BCUT2D eigenvalue weighted by Gasteiger charge is 2.70. The van der Waals surface area contributed by atoms with Crippen LogP contribution in [0.4, 0.5) is 0 Å². The lowest BCUT2D eigenvalue weighted by Gasteiger charge is -2.13. The van der Waals surface area contributed by atoms with E-state index in [1.165, 1.54) is 12.0 Å². The van der Waals surface area contributed by atoms with E-state index in [1.54, 1.807) is 0 Å². The molecule has 0 spiro atoms. The zero-order valence-electron chi connectivity index (χ0n) is 8.52. The van der Waals surface area contributed by atoms with Crippen LogP contribution in [0.5, 0.6) is 0 Å². The van der Waals surface area contributed by atoms with Gasteiger partial charge in [0.05, 0.1) is 5.92 Å². The summed E-state index contributed by atoms with van der Waals surface area (Å²) in [5, 5.41) is 9.19. The second-order valence-electron chi connectivity index (χ2n) is 4.72. The minimum atomic E-state index is -0.608. The van der Waals surface area contributed by atoms with Gasteiger partial charge in [0.1, 0.15) is 0 Å². The molecule has 2 heteroatoms. The first-order valence-corrected chi connectivity index (χ1v) is 5.55. The van der Waals surface area contributed by atoms with Gasteiger partial charge >= 0.3 is 5.97 Å². The van der Waals surface area contributed by atoms with Crippen molar-refractivity contribution in [2.45, 2.75) is 24.7 Å². The monoisotopic (exact) mass is 202 g/mol. The van der Waals surface area contributed by atoms with E-state index in [-0.39, 0.29) is 11.3 Å². The van der Waals surface area contributed by atoms with Crippen molar-refractivity contribution in [2.24, 2.45) is 11.8 Å². The number of fused-ring (bicyclic) bond motifs is 1. The maximum Gasteiger partial charge on any atom is 0.307 e. The number of aliphatic carboxylic acids is 1. The van der Waals surface area contributed by atoms with Crippen LogP contribution in [0.25, 0.3) is 0 Å². The zero-order chi connectivity index (χ0) is 10.5. The van der Waals surface area contributed by atoms with Gasteiger partial charge in [-0.1, -0.05) is 36.8 Å². The number of benzene rings is 1. The summed E-state index contributed by atoms with van der Waals surface area (Å²) in [5.74, 6) is -0.324. The Morgan fingerprint density at radius 3 is 2.67 bits per heavy atom. The Morgan fingerprint density at radius 2 is 2.07 bits per heavy atom. The molecule has 2 aliphatic carbocycles. The summed E-state index contributed by atoms with van der Waals surface area (Å²) in [4.78, 5) is 11.2. The van der Waals surface area contributed by atoms with Crippen molar-refractivity contribution in [3.63, 3.8) is 0 Å². The summed E-state index contributed by atoms with van der Waals surface area (Å²) in [6.45, 7) is 0. The first kappa shape index (κ1) is 8.96. The molecule has 1 aromatic rings. The molecule has 2 nitrogen and oxygen atoms in total. The van der Waals surface area contributed by atoms with Crippen LogP contribution in [0.15, 0.2) is 30.3 Å². The SMILES string of the molecule is O=C(O)[C@@H]1[C@H]2CCC[C@@]21c1ccccc1. The van der Waals surface area contributed by atoms with E-state index < -0.39 is 5.97 Å². The quantitative estimate of drug-likeness (QED) is 0.799. The molecule has 2 fully saturated rings. The summed E-state index contributed by atoms with van der Waals surface area (Å²) in [5.41, 5.74) is 1.23. The Bertz CT molecular complexity index is 398. The van der Waals surface area contributed by atoms with E-state index in [0.717, 1.165) is 12.8 Å². The molecule has 0 saturated heterocycles. The highest BCUT2D eigenvalue weighted by atomic mass is 16.4. The van der Waals surface area contributed by atoms with E-state index >= 15 is 0 Å². The van der Waals surface area contributed by atoms with Crippen molar-refractivity contribution in [1.29, 1.82) is 0 Å². The molecule has 0 aliphatic heterocycles. The smallest absolute Gasteiger partial charge is 0.307 e. The molecule has 3 atom stereocenters. The van der Waals surface area contributed by atoms with Crippen LogP contribution in [-0.4, -0.2) is 11.1 Å². The Balaban J connectivity index is 2.01. The van der Waals surface area contributed by atoms with Crippen molar-refractivity contribution in [3.05, 3.63) is 35.9 Å². The molecule has 0 unspecified atom stereocenters. The van der Waals surface area contributed by atoms with Crippen molar-refractivity contribution in [1.82, 2.24) is 0 Å². The molecule has 0 radical (unpaired) electrons. The molecule has 1 N–H and O–H groups in total. The van der Waals surface area contributed by atoms with Gasteiger partial charge in [-0.05, 0) is 24.3 Å². The minimum Gasteiger partial charge on any atom is -0.481 e. The molecule has 78 valence electrons.